The number of aryl methyl sites for hydroxylation is 1. The van der Waals surface area contributed by atoms with Gasteiger partial charge in [-0.25, -0.2) is 9.36 Å². The maximum absolute atomic E-state index is 13.5. The van der Waals surface area contributed by atoms with Crippen molar-refractivity contribution >= 4 is 28.4 Å². The molecule has 0 saturated heterocycles. The molecule has 0 fully saturated rings. The number of nitrogens with zero attached hydrogens (tertiary/aromatic N) is 2. The zero-order valence-corrected chi connectivity index (χ0v) is 20.4. The maximum atomic E-state index is 13.5. The molecule has 1 aromatic heterocycles. The van der Waals surface area contributed by atoms with Crippen LogP contribution in [0.5, 0.6) is 0 Å². The van der Waals surface area contributed by atoms with Gasteiger partial charge in [-0.05, 0) is 68.3 Å². The number of carbonyl (C=O) groups is 2. The summed E-state index contributed by atoms with van der Waals surface area (Å²) in [6.45, 7) is 5.44. The SMILES string of the molecule is Cc1cccc(NC(=O)Cn2c(=O)n(-c3ccc(CC(=O)NC(C)C)cc3)c(=O)c3ccccc32)c1. The van der Waals surface area contributed by atoms with Gasteiger partial charge >= 0.3 is 5.69 Å². The van der Waals surface area contributed by atoms with E-state index in [0.717, 1.165) is 15.7 Å². The molecule has 0 aliphatic rings. The van der Waals surface area contributed by atoms with Gasteiger partial charge in [-0.2, -0.15) is 0 Å². The first kappa shape index (κ1) is 24.7. The number of anilines is 1. The minimum atomic E-state index is -0.622. The third kappa shape index (κ3) is 5.43. The number of para-hydroxylation sites is 1. The molecular weight excluding hydrogens is 456 g/mol. The zero-order valence-electron chi connectivity index (χ0n) is 20.4. The molecule has 2 N–H and O–H groups in total. The van der Waals surface area contributed by atoms with Crippen molar-refractivity contribution in [2.24, 2.45) is 0 Å². The van der Waals surface area contributed by atoms with E-state index < -0.39 is 11.2 Å². The van der Waals surface area contributed by atoms with Crippen LogP contribution in [0.25, 0.3) is 16.6 Å². The monoisotopic (exact) mass is 484 g/mol. The van der Waals surface area contributed by atoms with Gasteiger partial charge in [-0.3, -0.25) is 19.0 Å². The second kappa shape index (κ2) is 10.4. The molecule has 0 bridgehead atoms. The van der Waals surface area contributed by atoms with Crippen LogP contribution in [0, 0.1) is 6.92 Å². The van der Waals surface area contributed by atoms with E-state index in [4.69, 9.17) is 0 Å². The Morgan fingerprint density at radius 1 is 0.889 bits per heavy atom. The lowest BCUT2D eigenvalue weighted by molar-refractivity contribution is -0.121. The Morgan fingerprint density at radius 2 is 1.61 bits per heavy atom. The molecule has 0 aliphatic heterocycles. The Hall–Kier alpha value is -4.46. The van der Waals surface area contributed by atoms with Gasteiger partial charge in [0.1, 0.15) is 6.54 Å². The highest BCUT2D eigenvalue weighted by Crippen LogP contribution is 2.13. The average molecular weight is 485 g/mol. The summed E-state index contributed by atoms with van der Waals surface area (Å²) in [7, 11) is 0. The Bertz CT molecular complexity index is 1550. The van der Waals surface area contributed by atoms with Gasteiger partial charge in [0.05, 0.1) is 23.0 Å². The van der Waals surface area contributed by atoms with Gasteiger partial charge in [0.15, 0.2) is 0 Å². The van der Waals surface area contributed by atoms with Gasteiger partial charge in [-0.15, -0.1) is 0 Å². The summed E-state index contributed by atoms with van der Waals surface area (Å²) in [6.07, 6.45) is 0.189. The highest BCUT2D eigenvalue weighted by molar-refractivity contribution is 5.91. The molecule has 0 unspecified atom stereocenters. The van der Waals surface area contributed by atoms with E-state index in [1.165, 1.54) is 4.57 Å². The summed E-state index contributed by atoms with van der Waals surface area (Å²) >= 11 is 0. The molecule has 2 amide bonds. The number of nitrogens with one attached hydrogen (secondary N) is 2. The fraction of sp³-hybridized carbons (Fsp3) is 0.214. The van der Waals surface area contributed by atoms with Crippen LogP contribution in [0.2, 0.25) is 0 Å². The van der Waals surface area contributed by atoms with Crippen molar-refractivity contribution in [1.29, 1.82) is 0 Å². The summed E-state index contributed by atoms with van der Waals surface area (Å²) in [5.74, 6) is -0.493. The molecule has 0 spiro atoms. The van der Waals surface area contributed by atoms with Gasteiger partial charge in [0.2, 0.25) is 11.8 Å². The molecule has 4 rings (SSSR count). The summed E-state index contributed by atoms with van der Waals surface area (Å²) in [4.78, 5) is 51.7. The van der Waals surface area contributed by atoms with Crippen molar-refractivity contribution in [3.63, 3.8) is 0 Å². The molecule has 1 heterocycles. The van der Waals surface area contributed by atoms with Crippen LogP contribution in [-0.2, 0) is 22.6 Å². The average Bonchev–Trinajstić information content (AvgIpc) is 2.82. The van der Waals surface area contributed by atoms with Crippen LogP contribution in [0.1, 0.15) is 25.0 Å². The van der Waals surface area contributed by atoms with E-state index in [9.17, 15) is 19.2 Å². The lowest BCUT2D eigenvalue weighted by atomic mass is 10.1. The maximum Gasteiger partial charge on any atom is 0.336 e. The van der Waals surface area contributed by atoms with E-state index in [0.29, 0.717) is 22.3 Å². The summed E-state index contributed by atoms with van der Waals surface area (Å²) < 4.78 is 2.35. The molecular formula is C28H28N4O4. The first-order valence-corrected chi connectivity index (χ1v) is 11.7. The smallest absolute Gasteiger partial charge is 0.336 e. The predicted octanol–water partition coefficient (Wildman–Crippen LogP) is 3.17. The molecule has 8 nitrogen and oxygen atoms in total. The van der Waals surface area contributed by atoms with Gasteiger partial charge in [0.25, 0.3) is 5.56 Å². The number of hydrogen-bond donors (Lipinski definition) is 2. The molecule has 0 saturated carbocycles. The third-order valence-corrected chi connectivity index (χ3v) is 5.66. The molecule has 36 heavy (non-hydrogen) atoms. The largest absolute Gasteiger partial charge is 0.354 e. The number of hydrogen-bond acceptors (Lipinski definition) is 4. The lowest BCUT2D eigenvalue weighted by Gasteiger charge is -2.15. The topological polar surface area (TPSA) is 102 Å². The number of aromatic nitrogens is 2. The van der Waals surface area contributed by atoms with Crippen LogP contribution in [-0.4, -0.2) is 27.0 Å². The second-order valence-electron chi connectivity index (χ2n) is 9.01. The van der Waals surface area contributed by atoms with E-state index in [-0.39, 0.29) is 30.8 Å². The second-order valence-corrected chi connectivity index (χ2v) is 9.01. The van der Waals surface area contributed by atoms with E-state index in [2.05, 4.69) is 10.6 Å². The summed E-state index contributed by atoms with van der Waals surface area (Å²) in [5, 5.41) is 5.97. The van der Waals surface area contributed by atoms with E-state index in [1.54, 1.807) is 54.6 Å². The number of fused-ring (bicyclic) bond motifs is 1. The fourth-order valence-corrected chi connectivity index (χ4v) is 4.09. The number of benzene rings is 3. The van der Waals surface area contributed by atoms with Crippen molar-refractivity contribution in [3.8, 4) is 5.69 Å². The van der Waals surface area contributed by atoms with Crippen molar-refractivity contribution in [2.45, 2.75) is 39.8 Å². The lowest BCUT2D eigenvalue weighted by Crippen LogP contribution is -2.40. The van der Waals surface area contributed by atoms with Gasteiger partial charge in [-0.1, -0.05) is 36.4 Å². The number of amides is 2. The number of rotatable bonds is 7. The Morgan fingerprint density at radius 3 is 2.31 bits per heavy atom. The highest BCUT2D eigenvalue weighted by atomic mass is 16.2. The van der Waals surface area contributed by atoms with Crippen LogP contribution < -0.4 is 21.9 Å². The fourth-order valence-electron chi connectivity index (χ4n) is 4.09. The van der Waals surface area contributed by atoms with E-state index >= 15 is 0 Å². The van der Waals surface area contributed by atoms with Crippen molar-refractivity contribution in [2.75, 3.05) is 5.32 Å². The minimum Gasteiger partial charge on any atom is -0.354 e. The Labute approximate surface area is 208 Å². The summed E-state index contributed by atoms with van der Waals surface area (Å²) in [5.41, 5.74) is 2.02. The molecule has 0 atom stereocenters. The Kier molecular flexibility index (Phi) is 7.15. The van der Waals surface area contributed by atoms with Gasteiger partial charge < -0.3 is 10.6 Å². The van der Waals surface area contributed by atoms with E-state index in [1.807, 2.05) is 39.0 Å². The quantitative estimate of drug-likeness (QED) is 0.421. The Balaban J connectivity index is 1.71. The highest BCUT2D eigenvalue weighted by Gasteiger charge is 2.17. The van der Waals surface area contributed by atoms with Crippen LogP contribution in [0.3, 0.4) is 0 Å². The summed E-state index contributed by atoms with van der Waals surface area (Å²) in [6, 6.07) is 20.8. The molecule has 8 heteroatoms. The standard InChI is InChI=1S/C28H28N4O4/c1-18(2)29-25(33)16-20-11-13-22(14-12-20)32-27(35)23-9-4-5-10-24(23)31(28(32)36)17-26(34)30-21-8-6-7-19(3)15-21/h4-15,18H,16-17H2,1-3H3,(H,29,33)(H,30,34). The predicted molar refractivity (Wildman–Crippen MR) is 141 cm³/mol. The first-order valence-electron chi connectivity index (χ1n) is 11.7. The molecule has 184 valence electrons. The third-order valence-electron chi connectivity index (χ3n) is 5.66. The van der Waals surface area contributed by atoms with Gasteiger partial charge in [0, 0.05) is 11.7 Å². The van der Waals surface area contributed by atoms with Crippen LogP contribution in [0.15, 0.2) is 82.4 Å². The molecule has 4 aromatic rings. The zero-order chi connectivity index (χ0) is 25.8. The normalized spacial score (nSPS) is 11.0. The first-order chi connectivity index (χ1) is 17.2. The molecule has 0 aliphatic carbocycles. The van der Waals surface area contributed by atoms with Crippen LogP contribution in [0.4, 0.5) is 5.69 Å². The molecule has 0 radical (unpaired) electrons. The number of carbonyl (C=O) groups excluding carboxylic acids is 2. The van der Waals surface area contributed by atoms with Crippen LogP contribution >= 0.6 is 0 Å². The molecule has 3 aromatic carbocycles. The minimum absolute atomic E-state index is 0.0366. The van der Waals surface area contributed by atoms with Crippen molar-refractivity contribution < 1.29 is 9.59 Å². The van der Waals surface area contributed by atoms with Crippen molar-refractivity contribution in [3.05, 3.63) is 105 Å². The van der Waals surface area contributed by atoms with Crippen molar-refractivity contribution in [1.82, 2.24) is 14.5 Å².